The molecule has 0 aliphatic rings. The summed E-state index contributed by atoms with van der Waals surface area (Å²) in [7, 11) is 0. The van der Waals surface area contributed by atoms with Gasteiger partial charge in [0.15, 0.2) is 17.3 Å². The molecule has 0 fully saturated rings. The van der Waals surface area contributed by atoms with Crippen LogP contribution in [0.1, 0.15) is 21.8 Å². The quantitative estimate of drug-likeness (QED) is 0.757. The Labute approximate surface area is 142 Å². The first kappa shape index (κ1) is 16.6. The van der Waals surface area contributed by atoms with Gasteiger partial charge in [0.2, 0.25) is 0 Å². The molecule has 1 N–H and O–H groups in total. The maximum absolute atomic E-state index is 13.6. The summed E-state index contributed by atoms with van der Waals surface area (Å²) in [6, 6.07) is 11.4. The molecule has 5 nitrogen and oxygen atoms in total. The van der Waals surface area contributed by atoms with Crippen LogP contribution in [0, 0.1) is 18.6 Å². The molecule has 1 aromatic heterocycles. The molecule has 25 heavy (non-hydrogen) atoms. The number of carbonyl (C=O) groups excluding carboxylic acids is 1. The molecule has 0 aliphatic carbocycles. The van der Waals surface area contributed by atoms with Gasteiger partial charge >= 0.3 is 0 Å². The van der Waals surface area contributed by atoms with Crippen molar-refractivity contribution in [3.63, 3.8) is 0 Å². The van der Waals surface area contributed by atoms with Crippen molar-refractivity contribution < 1.29 is 22.8 Å². The van der Waals surface area contributed by atoms with Crippen LogP contribution in [0.25, 0.3) is 0 Å². The minimum Gasteiger partial charge on any atom is -0.486 e. The van der Waals surface area contributed by atoms with Crippen LogP contribution < -0.4 is 10.1 Å². The highest BCUT2D eigenvalue weighted by atomic mass is 19.1. The van der Waals surface area contributed by atoms with E-state index in [2.05, 4.69) is 10.5 Å². The highest BCUT2D eigenvalue weighted by Crippen LogP contribution is 2.21. The smallest absolute Gasteiger partial charge is 0.278 e. The van der Waals surface area contributed by atoms with Gasteiger partial charge in [-0.05, 0) is 37.3 Å². The molecule has 1 heterocycles. The second-order valence-electron chi connectivity index (χ2n) is 5.25. The van der Waals surface area contributed by atoms with Crippen molar-refractivity contribution in [3.8, 4) is 5.75 Å². The van der Waals surface area contributed by atoms with Crippen molar-refractivity contribution >= 4 is 11.6 Å². The molecule has 2 aromatic carbocycles. The van der Waals surface area contributed by atoms with Gasteiger partial charge in [0, 0.05) is 5.69 Å². The van der Waals surface area contributed by atoms with Gasteiger partial charge < -0.3 is 14.6 Å². The Bertz CT molecular complexity index is 909. The molecule has 0 atom stereocenters. The van der Waals surface area contributed by atoms with Gasteiger partial charge in [-0.2, -0.15) is 0 Å². The normalized spacial score (nSPS) is 10.5. The fourth-order valence-electron chi connectivity index (χ4n) is 2.21. The monoisotopic (exact) mass is 344 g/mol. The Morgan fingerprint density at radius 2 is 2.00 bits per heavy atom. The average Bonchev–Trinajstić information content (AvgIpc) is 2.95. The van der Waals surface area contributed by atoms with Crippen molar-refractivity contribution in [2.24, 2.45) is 0 Å². The van der Waals surface area contributed by atoms with Crippen molar-refractivity contribution in [2.45, 2.75) is 13.5 Å². The van der Waals surface area contributed by atoms with E-state index in [9.17, 15) is 13.6 Å². The molecule has 0 aliphatic heterocycles. The lowest BCUT2D eigenvalue weighted by molar-refractivity contribution is 0.101. The van der Waals surface area contributed by atoms with E-state index in [0.717, 1.165) is 0 Å². The van der Waals surface area contributed by atoms with Gasteiger partial charge in [-0.15, -0.1) is 0 Å². The van der Waals surface area contributed by atoms with E-state index in [0.29, 0.717) is 11.3 Å². The summed E-state index contributed by atoms with van der Waals surface area (Å²) in [6.45, 7) is 1.52. The largest absolute Gasteiger partial charge is 0.486 e. The third-order valence-corrected chi connectivity index (χ3v) is 3.49. The maximum atomic E-state index is 13.6. The molecular formula is C18H14F2N2O3. The Morgan fingerprint density at radius 1 is 1.20 bits per heavy atom. The number of amides is 1. The third-order valence-electron chi connectivity index (χ3n) is 3.49. The van der Waals surface area contributed by atoms with E-state index < -0.39 is 17.5 Å². The van der Waals surface area contributed by atoms with Gasteiger partial charge in [0.25, 0.3) is 5.91 Å². The summed E-state index contributed by atoms with van der Waals surface area (Å²) in [5.41, 5.74) is 0.668. The lowest BCUT2D eigenvalue weighted by Gasteiger charge is -2.08. The van der Waals surface area contributed by atoms with Crippen LogP contribution in [-0.2, 0) is 6.61 Å². The Hall–Kier alpha value is -3.22. The van der Waals surface area contributed by atoms with E-state index in [1.165, 1.54) is 30.3 Å². The zero-order valence-electron chi connectivity index (χ0n) is 13.3. The van der Waals surface area contributed by atoms with Crippen LogP contribution >= 0.6 is 0 Å². The predicted octanol–water partition coefficient (Wildman–Crippen LogP) is 4.09. The van der Waals surface area contributed by atoms with Crippen LogP contribution in [0.4, 0.5) is 14.5 Å². The average molecular weight is 344 g/mol. The molecule has 0 saturated heterocycles. The van der Waals surface area contributed by atoms with E-state index >= 15 is 0 Å². The Kier molecular flexibility index (Phi) is 4.74. The SMILES string of the molecule is Cc1onc(C(=O)Nc2cccc(F)c2)c1COc1ccccc1F. The number of aryl methyl sites for hydroxylation is 1. The van der Waals surface area contributed by atoms with E-state index in [-0.39, 0.29) is 23.7 Å². The molecule has 1 amide bonds. The summed E-state index contributed by atoms with van der Waals surface area (Å²) in [5.74, 6) is -1.13. The van der Waals surface area contributed by atoms with Gasteiger partial charge in [0.05, 0.1) is 5.56 Å². The van der Waals surface area contributed by atoms with E-state index in [1.807, 2.05) is 0 Å². The first-order valence-corrected chi connectivity index (χ1v) is 7.44. The summed E-state index contributed by atoms with van der Waals surface area (Å²) in [6.07, 6.45) is 0. The maximum Gasteiger partial charge on any atom is 0.278 e. The highest BCUT2D eigenvalue weighted by molar-refractivity contribution is 6.03. The predicted molar refractivity (Wildman–Crippen MR) is 86.3 cm³/mol. The van der Waals surface area contributed by atoms with Crippen molar-refractivity contribution in [1.29, 1.82) is 0 Å². The summed E-state index contributed by atoms with van der Waals surface area (Å²) in [5, 5.41) is 6.25. The van der Waals surface area contributed by atoms with Crippen LogP contribution in [0.5, 0.6) is 5.75 Å². The highest BCUT2D eigenvalue weighted by Gasteiger charge is 2.21. The molecule has 3 rings (SSSR count). The lowest BCUT2D eigenvalue weighted by Crippen LogP contribution is -2.15. The first-order chi connectivity index (χ1) is 12.0. The first-order valence-electron chi connectivity index (χ1n) is 7.44. The zero-order valence-corrected chi connectivity index (χ0v) is 13.3. The molecule has 0 spiro atoms. The number of aromatic nitrogens is 1. The number of rotatable bonds is 5. The number of carbonyl (C=O) groups is 1. The van der Waals surface area contributed by atoms with Crippen LogP contribution in [0.3, 0.4) is 0 Å². The molecule has 128 valence electrons. The number of halogens is 2. The summed E-state index contributed by atoms with van der Waals surface area (Å²) in [4.78, 5) is 12.4. The fourth-order valence-corrected chi connectivity index (χ4v) is 2.21. The van der Waals surface area contributed by atoms with Crippen molar-refractivity contribution in [2.75, 3.05) is 5.32 Å². The van der Waals surface area contributed by atoms with Crippen molar-refractivity contribution in [1.82, 2.24) is 5.16 Å². The molecule has 0 bridgehead atoms. The standard InChI is InChI=1S/C18H14F2N2O3/c1-11-14(10-24-16-8-3-2-7-15(16)20)17(22-25-11)18(23)21-13-6-4-5-12(19)9-13/h2-9H,10H2,1H3,(H,21,23). The number of nitrogens with zero attached hydrogens (tertiary/aromatic N) is 1. The minimum atomic E-state index is -0.574. The molecular weight excluding hydrogens is 330 g/mol. The number of benzene rings is 2. The van der Waals surface area contributed by atoms with Crippen molar-refractivity contribution in [3.05, 3.63) is 77.2 Å². The fraction of sp³-hybridized carbons (Fsp3) is 0.111. The minimum absolute atomic E-state index is 0.00176. The van der Waals surface area contributed by atoms with E-state index in [1.54, 1.807) is 25.1 Å². The van der Waals surface area contributed by atoms with Gasteiger partial charge in [-0.25, -0.2) is 8.78 Å². The number of hydrogen-bond acceptors (Lipinski definition) is 4. The molecule has 3 aromatic rings. The molecule has 0 unspecified atom stereocenters. The number of hydrogen-bond donors (Lipinski definition) is 1. The van der Waals surface area contributed by atoms with E-state index in [4.69, 9.17) is 9.26 Å². The number of ether oxygens (including phenoxy) is 1. The topological polar surface area (TPSA) is 64.4 Å². The molecule has 7 heteroatoms. The second-order valence-corrected chi connectivity index (χ2v) is 5.25. The summed E-state index contributed by atoms with van der Waals surface area (Å²) >= 11 is 0. The van der Waals surface area contributed by atoms with Gasteiger partial charge in [-0.3, -0.25) is 4.79 Å². The molecule has 0 saturated carbocycles. The Balaban J connectivity index is 1.77. The van der Waals surface area contributed by atoms with Gasteiger partial charge in [-0.1, -0.05) is 23.4 Å². The second kappa shape index (κ2) is 7.12. The Morgan fingerprint density at radius 3 is 2.76 bits per heavy atom. The van der Waals surface area contributed by atoms with Crippen LogP contribution in [0.2, 0.25) is 0 Å². The zero-order chi connectivity index (χ0) is 17.8. The van der Waals surface area contributed by atoms with Gasteiger partial charge in [0.1, 0.15) is 18.2 Å². The molecule has 0 radical (unpaired) electrons. The van der Waals surface area contributed by atoms with Crippen LogP contribution in [-0.4, -0.2) is 11.1 Å². The third kappa shape index (κ3) is 3.82. The number of nitrogens with one attached hydrogen (secondary N) is 1. The summed E-state index contributed by atoms with van der Waals surface area (Å²) < 4.78 is 37.3. The lowest BCUT2D eigenvalue weighted by atomic mass is 10.2. The number of para-hydroxylation sites is 1. The van der Waals surface area contributed by atoms with Crippen LogP contribution in [0.15, 0.2) is 53.1 Å². The number of anilines is 1.